The van der Waals surface area contributed by atoms with Crippen molar-refractivity contribution >= 4 is 5.97 Å². The van der Waals surface area contributed by atoms with Gasteiger partial charge in [0.15, 0.2) is 0 Å². The molecule has 3 nitrogen and oxygen atoms in total. The lowest BCUT2D eigenvalue weighted by Gasteiger charge is -2.11. The summed E-state index contributed by atoms with van der Waals surface area (Å²) in [6.07, 6.45) is 3.79. The molecule has 3 heteroatoms. The highest BCUT2D eigenvalue weighted by Gasteiger charge is 2.09. The van der Waals surface area contributed by atoms with E-state index in [1.807, 2.05) is 0 Å². The summed E-state index contributed by atoms with van der Waals surface area (Å²) in [5, 5.41) is 9.25. The lowest BCUT2D eigenvalue weighted by atomic mass is 10.1. The van der Waals surface area contributed by atoms with Crippen molar-refractivity contribution in [2.75, 3.05) is 7.11 Å². The fourth-order valence-electron chi connectivity index (χ4n) is 0.373. The molecule has 0 aliphatic rings. The molecule has 11 heavy (non-hydrogen) atoms. The Balaban J connectivity index is 4.11. The number of hydrogen-bond acceptors (Lipinski definition) is 3. The van der Waals surface area contributed by atoms with Gasteiger partial charge < -0.3 is 9.84 Å². The number of carbonyl (C=O) groups is 1. The highest BCUT2D eigenvalue weighted by atomic mass is 16.5. The first-order valence-corrected chi connectivity index (χ1v) is 3.15. The molecule has 0 aliphatic heterocycles. The highest BCUT2D eigenvalue weighted by Crippen LogP contribution is 2.05. The van der Waals surface area contributed by atoms with Gasteiger partial charge in [-0.1, -0.05) is 12.7 Å². The molecule has 0 heterocycles. The largest absolute Gasteiger partial charge is 0.466 e. The summed E-state index contributed by atoms with van der Waals surface area (Å²) in [5.41, 5.74) is -1.14. The van der Waals surface area contributed by atoms with E-state index in [1.54, 1.807) is 0 Å². The maximum absolute atomic E-state index is 10.5. The van der Waals surface area contributed by atoms with Gasteiger partial charge in [-0.25, -0.2) is 4.79 Å². The van der Waals surface area contributed by atoms with Crippen molar-refractivity contribution in [1.82, 2.24) is 0 Å². The van der Waals surface area contributed by atoms with Crippen molar-refractivity contribution < 1.29 is 14.6 Å². The van der Waals surface area contributed by atoms with Crippen LogP contribution in [0.3, 0.4) is 0 Å². The van der Waals surface area contributed by atoms with Crippen molar-refractivity contribution in [3.05, 3.63) is 24.8 Å². The van der Waals surface area contributed by atoms with E-state index >= 15 is 0 Å². The monoisotopic (exact) mass is 156 g/mol. The molecule has 0 aromatic carbocycles. The van der Waals surface area contributed by atoms with Crippen molar-refractivity contribution in [1.29, 1.82) is 0 Å². The SMILES string of the molecule is C=CC(C)(O)C=CC(=O)OC. The van der Waals surface area contributed by atoms with Crippen molar-refractivity contribution in [3.63, 3.8) is 0 Å². The molecule has 0 saturated heterocycles. The first-order valence-electron chi connectivity index (χ1n) is 3.15. The van der Waals surface area contributed by atoms with Gasteiger partial charge in [-0.05, 0) is 13.0 Å². The standard InChI is InChI=1S/C8H12O3/c1-4-8(2,10)6-5-7(9)11-3/h4-6,10H,1H2,2-3H3. The minimum Gasteiger partial charge on any atom is -0.466 e. The fourth-order valence-corrected chi connectivity index (χ4v) is 0.373. The molecule has 0 radical (unpaired) electrons. The second-order valence-corrected chi connectivity index (χ2v) is 2.29. The average Bonchev–Trinajstić information content (AvgIpc) is 2.00. The number of esters is 1. The van der Waals surface area contributed by atoms with Crippen LogP contribution in [0.25, 0.3) is 0 Å². The molecule has 0 rings (SSSR count). The third kappa shape index (κ3) is 4.33. The normalized spacial score (nSPS) is 15.9. The molecule has 1 N–H and O–H groups in total. The molecule has 0 spiro atoms. The zero-order valence-corrected chi connectivity index (χ0v) is 6.70. The predicted octanol–water partition coefficient (Wildman–Crippen LogP) is 0.653. The summed E-state index contributed by atoms with van der Waals surface area (Å²) >= 11 is 0. The lowest BCUT2D eigenvalue weighted by Crippen LogP contribution is -2.16. The summed E-state index contributed by atoms with van der Waals surface area (Å²) in [4.78, 5) is 10.5. The van der Waals surface area contributed by atoms with Crippen LogP contribution < -0.4 is 0 Å². The summed E-state index contributed by atoms with van der Waals surface area (Å²) in [6, 6.07) is 0. The topological polar surface area (TPSA) is 46.5 Å². The van der Waals surface area contributed by atoms with Crippen LogP contribution in [-0.4, -0.2) is 23.8 Å². The Hall–Kier alpha value is -1.09. The minimum atomic E-state index is -1.14. The molecule has 0 amide bonds. The summed E-state index contributed by atoms with van der Waals surface area (Å²) < 4.78 is 4.32. The molecule has 0 bridgehead atoms. The number of ether oxygens (including phenoxy) is 1. The fraction of sp³-hybridized carbons (Fsp3) is 0.375. The lowest BCUT2D eigenvalue weighted by molar-refractivity contribution is -0.134. The Labute approximate surface area is 66.0 Å². The number of aliphatic hydroxyl groups is 1. The zero-order valence-electron chi connectivity index (χ0n) is 6.70. The van der Waals surface area contributed by atoms with Gasteiger partial charge in [0.1, 0.15) is 0 Å². The van der Waals surface area contributed by atoms with E-state index < -0.39 is 11.6 Å². The predicted molar refractivity (Wildman–Crippen MR) is 42.0 cm³/mol. The molecule has 1 atom stereocenters. The molecule has 1 unspecified atom stereocenters. The molecule has 62 valence electrons. The van der Waals surface area contributed by atoms with E-state index in [0.717, 1.165) is 6.08 Å². The van der Waals surface area contributed by atoms with E-state index in [4.69, 9.17) is 0 Å². The minimum absolute atomic E-state index is 0.493. The number of methoxy groups -OCH3 is 1. The molecule has 0 aliphatic carbocycles. The molecular formula is C8H12O3. The number of hydrogen-bond donors (Lipinski definition) is 1. The Morgan fingerprint density at radius 1 is 1.73 bits per heavy atom. The van der Waals surface area contributed by atoms with Gasteiger partial charge in [0.25, 0.3) is 0 Å². The summed E-state index contributed by atoms with van der Waals surface area (Å²) in [6.45, 7) is 4.90. The van der Waals surface area contributed by atoms with Crippen molar-refractivity contribution in [3.8, 4) is 0 Å². The van der Waals surface area contributed by atoms with Gasteiger partial charge in [0, 0.05) is 6.08 Å². The van der Waals surface area contributed by atoms with E-state index in [2.05, 4.69) is 11.3 Å². The third-order valence-corrected chi connectivity index (χ3v) is 1.17. The van der Waals surface area contributed by atoms with Crippen LogP contribution in [0.4, 0.5) is 0 Å². The smallest absolute Gasteiger partial charge is 0.330 e. The van der Waals surface area contributed by atoms with Gasteiger partial charge in [0.05, 0.1) is 12.7 Å². The number of rotatable bonds is 3. The summed E-state index contributed by atoms with van der Waals surface area (Å²) in [5.74, 6) is -0.493. The van der Waals surface area contributed by atoms with Gasteiger partial charge >= 0.3 is 5.97 Å². The van der Waals surface area contributed by atoms with Crippen LogP contribution in [0, 0.1) is 0 Å². The van der Waals surface area contributed by atoms with Gasteiger partial charge in [-0.2, -0.15) is 0 Å². The van der Waals surface area contributed by atoms with Crippen LogP contribution in [-0.2, 0) is 9.53 Å². The molecule has 0 aromatic heterocycles. The first kappa shape index (κ1) is 9.91. The van der Waals surface area contributed by atoms with Crippen LogP contribution in [0.15, 0.2) is 24.8 Å². The average molecular weight is 156 g/mol. The quantitative estimate of drug-likeness (QED) is 0.371. The Morgan fingerprint density at radius 3 is 2.64 bits per heavy atom. The van der Waals surface area contributed by atoms with Crippen LogP contribution in [0.2, 0.25) is 0 Å². The summed E-state index contributed by atoms with van der Waals surface area (Å²) in [7, 11) is 1.27. The van der Waals surface area contributed by atoms with E-state index in [1.165, 1.54) is 26.2 Å². The zero-order chi connectivity index (χ0) is 8.91. The van der Waals surface area contributed by atoms with Crippen LogP contribution in [0.1, 0.15) is 6.92 Å². The van der Waals surface area contributed by atoms with Gasteiger partial charge in [0.2, 0.25) is 0 Å². The first-order chi connectivity index (χ1) is 5.02. The number of carbonyl (C=O) groups excluding carboxylic acids is 1. The van der Waals surface area contributed by atoms with Crippen molar-refractivity contribution in [2.45, 2.75) is 12.5 Å². The van der Waals surface area contributed by atoms with E-state index in [0.29, 0.717) is 0 Å². The molecule has 0 saturated carbocycles. The maximum atomic E-state index is 10.5. The third-order valence-electron chi connectivity index (χ3n) is 1.17. The van der Waals surface area contributed by atoms with Gasteiger partial charge in [-0.15, -0.1) is 0 Å². The second-order valence-electron chi connectivity index (χ2n) is 2.29. The molecular weight excluding hydrogens is 144 g/mol. The molecule has 0 aromatic rings. The van der Waals surface area contributed by atoms with Crippen LogP contribution in [0.5, 0.6) is 0 Å². The Kier molecular flexibility index (Phi) is 3.54. The maximum Gasteiger partial charge on any atom is 0.330 e. The van der Waals surface area contributed by atoms with Crippen molar-refractivity contribution in [2.24, 2.45) is 0 Å². The molecule has 0 fully saturated rings. The van der Waals surface area contributed by atoms with Crippen LogP contribution >= 0.6 is 0 Å². The highest BCUT2D eigenvalue weighted by molar-refractivity contribution is 5.82. The van der Waals surface area contributed by atoms with E-state index in [-0.39, 0.29) is 0 Å². The second kappa shape index (κ2) is 3.93. The van der Waals surface area contributed by atoms with E-state index in [9.17, 15) is 9.90 Å². The Bertz CT molecular complexity index is 180. The van der Waals surface area contributed by atoms with Gasteiger partial charge in [-0.3, -0.25) is 0 Å². The Morgan fingerprint density at radius 2 is 2.27 bits per heavy atom.